The molecular weight excluding hydrogens is 723 g/mol. The van der Waals surface area contributed by atoms with Crippen LogP contribution in [0.1, 0.15) is 0 Å². The fourth-order valence-electron chi connectivity index (χ4n) is 7.90. The van der Waals surface area contributed by atoms with Gasteiger partial charge in [-0.3, -0.25) is 0 Å². The van der Waals surface area contributed by atoms with Crippen LogP contribution in [0.15, 0.2) is 205 Å². The highest BCUT2D eigenvalue weighted by molar-refractivity contribution is 6.18. The predicted octanol–water partition coefficient (Wildman–Crippen LogP) is 13.4. The SMILES string of the molecule is c1ccc(-c2ccc(-c3nc(-c4ccccc4)nc(-c4cccc(-c5cccc(-c6cccc(-c7ncnc8c7oc7ccc9ccccc9c78)c6)c5)c4)n3)cc2)cc1. The predicted molar refractivity (Wildman–Crippen MR) is 238 cm³/mol. The first-order chi connectivity index (χ1) is 29.2. The Morgan fingerprint density at radius 2 is 0.814 bits per heavy atom. The minimum atomic E-state index is 0.612. The Bertz CT molecular complexity index is 3320. The van der Waals surface area contributed by atoms with E-state index in [9.17, 15) is 0 Å². The number of rotatable bonds is 7. The van der Waals surface area contributed by atoms with E-state index in [-0.39, 0.29) is 0 Å². The smallest absolute Gasteiger partial charge is 0.180 e. The summed E-state index contributed by atoms with van der Waals surface area (Å²) in [5.74, 6) is 1.86. The summed E-state index contributed by atoms with van der Waals surface area (Å²) in [4.78, 5) is 24.5. The topological polar surface area (TPSA) is 77.6 Å². The standard InChI is InChI=1S/C53H33N5O/c1-3-12-34(13-4-1)35-24-26-38(27-25-35)52-56-51(37-15-5-2-6-16-37)57-53(58-52)44-22-11-20-42(32-44)40-18-9-17-39(30-40)41-19-10-21-43(31-41)48-50-49(55-33-54-48)47-45-23-8-7-14-36(45)28-29-46(47)59-50/h1-33H. The monoisotopic (exact) mass is 755 g/mol. The normalized spacial score (nSPS) is 11.4. The van der Waals surface area contributed by atoms with Crippen molar-refractivity contribution >= 4 is 32.8 Å². The van der Waals surface area contributed by atoms with E-state index in [1.807, 2.05) is 54.6 Å². The second-order valence-electron chi connectivity index (χ2n) is 14.5. The maximum atomic E-state index is 6.46. The number of furan rings is 1. The number of hydrogen-bond donors (Lipinski definition) is 0. The van der Waals surface area contributed by atoms with Gasteiger partial charge in [0.1, 0.15) is 23.1 Å². The summed E-state index contributed by atoms with van der Waals surface area (Å²) in [7, 11) is 0. The summed E-state index contributed by atoms with van der Waals surface area (Å²) in [5, 5.41) is 3.27. The van der Waals surface area contributed by atoms with Gasteiger partial charge in [-0.2, -0.15) is 0 Å². The molecule has 0 aliphatic carbocycles. The molecule has 59 heavy (non-hydrogen) atoms. The molecule has 0 bridgehead atoms. The molecule has 0 fully saturated rings. The highest BCUT2D eigenvalue weighted by atomic mass is 16.3. The van der Waals surface area contributed by atoms with E-state index >= 15 is 0 Å². The van der Waals surface area contributed by atoms with Crippen LogP contribution in [-0.2, 0) is 0 Å². The van der Waals surface area contributed by atoms with Crippen molar-refractivity contribution in [2.75, 3.05) is 0 Å². The second-order valence-corrected chi connectivity index (χ2v) is 14.5. The van der Waals surface area contributed by atoms with E-state index in [2.05, 4.69) is 140 Å². The molecule has 0 spiro atoms. The van der Waals surface area contributed by atoms with Gasteiger partial charge in [0, 0.05) is 22.3 Å². The Morgan fingerprint density at radius 1 is 0.339 bits per heavy atom. The van der Waals surface area contributed by atoms with E-state index in [1.54, 1.807) is 6.33 Å². The highest BCUT2D eigenvalue weighted by Crippen LogP contribution is 2.38. The zero-order valence-corrected chi connectivity index (χ0v) is 31.7. The van der Waals surface area contributed by atoms with Crippen molar-refractivity contribution in [2.45, 2.75) is 0 Å². The van der Waals surface area contributed by atoms with Crippen molar-refractivity contribution < 1.29 is 4.42 Å². The van der Waals surface area contributed by atoms with E-state index in [0.29, 0.717) is 23.1 Å². The van der Waals surface area contributed by atoms with Gasteiger partial charge in [0.15, 0.2) is 23.1 Å². The molecule has 0 unspecified atom stereocenters. The molecule has 0 aliphatic heterocycles. The first kappa shape index (κ1) is 34.2. The summed E-state index contributed by atoms with van der Waals surface area (Å²) < 4.78 is 6.46. The zero-order chi connectivity index (χ0) is 39.1. The molecule has 3 heterocycles. The van der Waals surface area contributed by atoms with Crippen LogP contribution in [-0.4, -0.2) is 24.9 Å². The molecule has 3 aromatic heterocycles. The number of aromatic nitrogens is 5. The van der Waals surface area contributed by atoms with Gasteiger partial charge in [-0.05, 0) is 68.4 Å². The molecule has 11 aromatic rings. The molecule has 0 saturated heterocycles. The summed E-state index contributed by atoms with van der Waals surface area (Å²) >= 11 is 0. The van der Waals surface area contributed by atoms with Gasteiger partial charge in [0.25, 0.3) is 0 Å². The number of nitrogens with zero attached hydrogens (tertiary/aromatic N) is 5. The third kappa shape index (κ3) is 6.39. The molecule has 8 aromatic carbocycles. The quantitative estimate of drug-likeness (QED) is 0.161. The fraction of sp³-hybridized carbons (Fsp3) is 0. The lowest BCUT2D eigenvalue weighted by Crippen LogP contribution is -2.00. The lowest BCUT2D eigenvalue weighted by atomic mass is 9.96. The Kier molecular flexibility index (Phi) is 8.37. The van der Waals surface area contributed by atoms with Crippen molar-refractivity contribution in [2.24, 2.45) is 0 Å². The van der Waals surface area contributed by atoms with Gasteiger partial charge >= 0.3 is 0 Å². The van der Waals surface area contributed by atoms with Gasteiger partial charge in [-0.25, -0.2) is 24.9 Å². The van der Waals surface area contributed by atoms with Crippen LogP contribution in [0.2, 0.25) is 0 Å². The first-order valence-corrected chi connectivity index (χ1v) is 19.6. The van der Waals surface area contributed by atoms with Gasteiger partial charge in [-0.15, -0.1) is 0 Å². The molecule has 0 N–H and O–H groups in total. The summed E-state index contributed by atoms with van der Waals surface area (Å²) in [6.45, 7) is 0. The molecule has 276 valence electrons. The largest absolute Gasteiger partial charge is 0.452 e. The zero-order valence-electron chi connectivity index (χ0n) is 31.7. The maximum Gasteiger partial charge on any atom is 0.180 e. The van der Waals surface area contributed by atoms with Crippen LogP contribution < -0.4 is 0 Å². The van der Waals surface area contributed by atoms with Gasteiger partial charge < -0.3 is 4.42 Å². The molecule has 0 saturated carbocycles. The van der Waals surface area contributed by atoms with Crippen LogP contribution in [0.3, 0.4) is 0 Å². The summed E-state index contributed by atoms with van der Waals surface area (Å²) in [6.07, 6.45) is 1.63. The van der Waals surface area contributed by atoms with Crippen molar-refractivity contribution in [1.29, 1.82) is 0 Å². The fourth-order valence-corrected chi connectivity index (χ4v) is 7.90. The third-order valence-corrected chi connectivity index (χ3v) is 10.8. The summed E-state index contributed by atoms with van der Waals surface area (Å²) in [6, 6.07) is 66.8. The van der Waals surface area contributed by atoms with Crippen molar-refractivity contribution in [3.8, 4) is 78.8 Å². The number of benzene rings is 8. The van der Waals surface area contributed by atoms with Crippen molar-refractivity contribution in [1.82, 2.24) is 24.9 Å². The average Bonchev–Trinajstić information content (AvgIpc) is 3.72. The molecule has 0 radical (unpaired) electrons. The van der Waals surface area contributed by atoms with Crippen molar-refractivity contribution in [3.05, 3.63) is 200 Å². The highest BCUT2D eigenvalue weighted by Gasteiger charge is 2.18. The van der Waals surface area contributed by atoms with Gasteiger partial charge in [-0.1, -0.05) is 170 Å². The summed E-state index contributed by atoms with van der Waals surface area (Å²) in [5.41, 5.74) is 13.4. The molecule has 11 rings (SSSR count). The third-order valence-electron chi connectivity index (χ3n) is 10.8. The Labute approximate surface area is 340 Å². The number of fused-ring (bicyclic) bond motifs is 5. The number of hydrogen-bond acceptors (Lipinski definition) is 6. The lowest BCUT2D eigenvalue weighted by molar-refractivity contribution is 0.667. The van der Waals surface area contributed by atoms with E-state index < -0.39 is 0 Å². The minimum Gasteiger partial charge on any atom is -0.452 e. The van der Waals surface area contributed by atoms with Gasteiger partial charge in [0.2, 0.25) is 0 Å². The van der Waals surface area contributed by atoms with Crippen LogP contribution in [0.25, 0.3) is 112 Å². The molecule has 6 heteroatoms. The van der Waals surface area contributed by atoms with E-state index in [4.69, 9.17) is 29.3 Å². The molecule has 6 nitrogen and oxygen atoms in total. The molecular formula is C53H33N5O. The average molecular weight is 756 g/mol. The van der Waals surface area contributed by atoms with Crippen LogP contribution in [0, 0.1) is 0 Å². The minimum absolute atomic E-state index is 0.612. The Hall–Kier alpha value is -8.09. The van der Waals surface area contributed by atoms with Crippen LogP contribution in [0.5, 0.6) is 0 Å². The van der Waals surface area contributed by atoms with Gasteiger partial charge in [0.05, 0.1) is 5.39 Å². The van der Waals surface area contributed by atoms with Crippen molar-refractivity contribution in [3.63, 3.8) is 0 Å². The molecule has 0 atom stereocenters. The Balaban J connectivity index is 0.948. The van der Waals surface area contributed by atoms with Crippen LogP contribution in [0.4, 0.5) is 0 Å². The maximum absolute atomic E-state index is 6.46. The Morgan fingerprint density at radius 3 is 1.49 bits per heavy atom. The molecule has 0 aliphatic rings. The van der Waals surface area contributed by atoms with E-state index in [1.165, 1.54) is 0 Å². The van der Waals surface area contributed by atoms with E-state index in [0.717, 1.165) is 88.6 Å². The lowest BCUT2D eigenvalue weighted by Gasteiger charge is -2.11. The second kappa shape index (κ2) is 14.4. The molecule has 0 amide bonds. The van der Waals surface area contributed by atoms with Crippen LogP contribution >= 0.6 is 0 Å². The first-order valence-electron chi connectivity index (χ1n) is 19.6.